The molecule has 0 aliphatic heterocycles. The minimum absolute atomic E-state index is 0.265. The number of rotatable bonds is 5. The fourth-order valence-electron chi connectivity index (χ4n) is 2.11. The standard InChI is InChI=1S/C17H18FNO2/c1-2-21-17(20)16(19)11-12-4-3-5-14(10-12)13-6-8-15(18)9-7-13/h3-10,16H,2,11,19H2,1H3. The Labute approximate surface area is 123 Å². The van der Waals surface area contributed by atoms with Crippen molar-refractivity contribution in [3.8, 4) is 11.1 Å². The fraction of sp³-hybridized carbons (Fsp3) is 0.235. The van der Waals surface area contributed by atoms with Crippen molar-refractivity contribution in [1.82, 2.24) is 0 Å². The molecule has 0 heterocycles. The molecule has 1 unspecified atom stereocenters. The van der Waals surface area contributed by atoms with Crippen molar-refractivity contribution in [3.05, 3.63) is 59.9 Å². The second kappa shape index (κ2) is 6.99. The lowest BCUT2D eigenvalue weighted by Crippen LogP contribution is -2.34. The Morgan fingerprint density at radius 1 is 1.19 bits per heavy atom. The van der Waals surface area contributed by atoms with Crippen LogP contribution in [0.15, 0.2) is 48.5 Å². The zero-order chi connectivity index (χ0) is 15.2. The molecule has 2 rings (SSSR count). The second-order valence-electron chi connectivity index (χ2n) is 4.77. The molecule has 21 heavy (non-hydrogen) atoms. The quantitative estimate of drug-likeness (QED) is 0.860. The molecule has 2 aromatic carbocycles. The van der Waals surface area contributed by atoms with E-state index in [2.05, 4.69) is 0 Å². The molecule has 0 bridgehead atoms. The first-order valence-corrected chi connectivity index (χ1v) is 6.87. The third-order valence-corrected chi connectivity index (χ3v) is 3.15. The van der Waals surface area contributed by atoms with Crippen LogP contribution >= 0.6 is 0 Å². The average Bonchev–Trinajstić information content (AvgIpc) is 2.48. The molecule has 2 aromatic rings. The van der Waals surface area contributed by atoms with E-state index in [1.54, 1.807) is 19.1 Å². The van der Waals surface area contributed by atoms with E-state index in [4.69, 9.17) is 10.5 Å². The maximum atomic E-state index is 12.9. The van der Waals surface area contributed by atoms with Crippen LogP contribution in [-0.4, -0.2) is 18.6 Å². The summed E-state index contributed by atoms with van der Waals surface area (Å²) in [5.74, 6) is -0.663. The highest BCUT2D eigenvalue weighted by molar-refractivity contribution is 5.76. The molecule has 1 atom stereocenters. The summed E-state index contributed by atoms with van der Waals surface area (Å²) < 4.78 is 17.8. The molecule has 4 heteroatoms. The summed E-state index contributed by atoms with van der Waals surface area (Å²) >= 11 is 0. The van der Waals surface area contributed by atoms with E-state index in [0.717, 1.165) is 16.7 Å². The van der Waals surface area contributed by atoms with Crippen molar-refractivity contribution in [1.29, 1.82) is 0 Å². The molecule has 0 saturated heterocycles. The van der Waals surface area contributed by atoms with Gasteiger partial charge in [0, 0.05) is 0 Å². The van der Waals surface area contributed by atoms with Gasteiger partial charge in [0.15, 0.2) is 0 Å². The SMILES string of the molecule is CCOC(=O)C(N)Cc1cccc(-c2ccc(F)cc2)c1. The highest BCUT2D eigenvalue weighted by atomic mass is 19.1. The van der Waals surface area contributed by atoms with Gasteiger partial charge in [0.25, 0.3) is 0 Å². The highest BCUT2D eigenvalue weighted by Crippen LogP contribution is 2.21. The topological polar surface area (TPSA) is 52.3 Å². The van der Waals surface area contributed by atoms with E-state index in [1.807, 2.05) is 24.3 Å². The fourth-order valence-corrected chi connectivity index (χ4v) is 2.11. The van der Waals surface area contributed by atoms with Crippen LogP contribution in [0.4, 0.5) is 4.39 Å². The van der Waals surface area contributed by atoms with Gasteiger partial charge in [-0.05, 0) is 42.2 Å². The molecule has 0 saturated carbocycles. The largest absolute Gasteiger partial charge is 0.465 e. The van der Waals surface area contributed by atoms with Crippen LogP contribution in [0.25, 0.3) is 11.1 Å². The first kappa shape index (κ1) is 15.2. The Kier molecular flexibility index (Phi) is 5.06. The van der Waals surface area contributed by atoms with Crippen molar-refractivity contribution in [3.63, 3.8) is 0 Å². The summed E-state index contributed by atoms with van der Waals surface area (Å²) in [4.78, 5) is 11.6. The molecule has 0 amide bonds. The van der Waals surface area contributed by atoms with Crippen LogP contribution in [0.2, 0.25) is 0 Å². The summed E-state index contributed by atoms with van der Waals surface area (Å²) in [7, 11) is 0. The number of nitrogens with two attached hydrogens (primary N) is 1. The Bertz CT molecular complexity index is 610. The maximum Gasteiger partial charge on any atom is 0.323 e. The van der Waals surface area contributed by atoms with Gasteiger partial charge < -0.3 is 10.5 Å². The van der Waals surface area contributed by atoms with E-state index in [-0.39, 0.29) is 5.82 Å². The summed E-state index contributed by atoms with van der Waals surface area (Å²) in [6.45, 7) is 2.07. The van der Waals surface area contributed by atoms with Gasteiger partial charge in [-0.25, -0.2) is 4.39 Å². The number of ether oxygens (including phenoxy) is 1. The number of hydrogen-bond donors (Lipinski definition) is 1. The lowest BCUT2D eigenvalue weighted by molar-refractivity contribution is -0.144. The first-order valence-electron chi connectivity index (χ1n) is 6.87. The summed E-state index contributed by atoms with van der Waals surface area (Å²) in [6.07, 6.45) is 0.411. The summed E-state index contributed by atoms with van der Waals surface area (Å²) in [5, 5.41) is 0. The molecule has 0 radical (unpaired) electrons. The normalized spacial score (nSPS) is 12.0. The van der Waals surface area contributed by atoms with Gasteiger partial charge >= 0.3 is 5.97 Å². The van der Waals surface area contributed by atoms with Gasteiger partial charge in [-0.3, -0.25) is 4.79 Å². The van der Waals surface area contributed by atoms with Gasteiger partial charge in [0.05, 0.1) is 6.61 Å². The van der Waals surface area contributed by atoms with Crippen molar-refractivity contribution in [2.75, 3.05) is 6.61 Å². The van der Waals surface area contributed by atoms with E-state index in [0.29, 0.717) is 13.0 Å². The third kappa shape index (κ3) is 4.13. The number of halogens is 1. The highest BCUT2D eigenvalue weighted by Gasteiger charge is 2.15. The molecule has 3 nitrogen and oxygen atoms in total. The van der Waals surface area contributed by atoms with E-state index in [1.165, 1.54) is 12.1 Å². The Morgan fingerprint density at radius 3 is 2.57 bits per heavy atom. The van der Waals surface area contributed by atoms with Gasteiger partial charge in [0.1, 0.15) is 11.9 Å². The van der Waals surface area contributed by atoms with E-state index < -0.39 is 12.0 Å². The molecule has 0 aliphatic rings. The number of hydrogen-bond acceptors (Lipinski definition) is 3. The average molecular weight is 287 g/mol. The van der Waals surface area contributed by atoms with Crippen molar-refractivity contribution in [2.45, 2.75) is 19.4 Å². The number of carbonyl (C=O) groups excluding carboxylic acids is 1. The first-order chi connectivity index (χ1) is 10.1. The predicted molar refractivity (Wildman–Crippen MR) is 80.1 cm³/mol. The van der Waals surface area contributed by atoms with E-state index in [9.17, 15) is 9.18 Å². The predicted octanol–water partition coefficient (Wildman–Crippen LogP) is 2.93. The Balaban J connectivity index is 2.14. The molecule has 0 aromatic heterocycles. The lowest BCUT2D eigenvalue weighted by atomic mass is 10.00. The van der Waals surface area contributed by atoms with Crippen LogP contribution in [0.3, 0.4) is 0 Å². The summed E-state index contributed by atoms with van der Waals surface area (Å²) in [6, 6.07) is 13.3. The zero-order valence-corrected chi connectivity index (χ0v) is 11.9. The number of esters is 1. The van der Waals surface area contributed by atoms with Crippen LogP contribution in [0, 0.1) is 5.82 Å². The number of benzene rings is 2. The lowest BCUT2D eigenvalue weighted by Gasteiger charge is -2.11. The van der Waals surface area contributed by atoms with Crippen molar-refractivity contribution < 1.29 is 13.9 Å². The maximum absolute atomic E-state index is 12.9. The van der Waals surface area contributed by atoms with Gasteiger partial charge in [0.2, 0.25) is 0 Å². The minimum Gasteiger partial charge on any atom is -0.465 e. The monoisotopic (exact) mass is 287 g/mol. The van der Waals surface area contributed by atoms with Crippen molar-refractivity contribution >= 4 is 5.97 Å². The van der Waals surface area contributed by atoms with Crippen molar-refractivity contribution in [2.24, 2.45) is 5.73 Å². The second-order valence-corrected chi connectivity index (χ2v) is 4.77. The molecular weight excluding hydrogens is 269 g/mol. The van der Waals surface area contributed by atoms with Crippen LogP contribution in [0.1, 0.15) is 12.5 Å². The molecule has 0 spiro atoms. The van der Waals surface area contributed by atoms with E-state index >= 15 is 0 Å². The summed E-state index contributed by atoms with van der Waals surface area (Å²) in [5.41, 5.74) is 8.64. The minimum atomic E-state index is -0.673. The molecule has 110 valence electrons. The van der Waals surface area contributed by atoms with Crippen LogP contribution < -0.4 is 5.73 Å². The molecule has 0 fully saturated rings. The molecule has 0 aliphatic carbocycles. The molecule has 2 N–H and O–H groups in total. The Morgan fingerprint density at radius 2 is 1.90 bits per heavy atom. The third-order valence-electron chi connectivity index (χ3n) is 3.15. The van der Waals surface area contributed by atoms with Gasteiger partial charge in [-0.1, -0.05) is 36.4 Å². The number of carbonyl (C=O) groups is 1. The van der Waals surface area contributed by atoms with Gasteiger partial charge in [-0.15, -0.1) is 0 Å². The molecular formula is C17H18FNO2. The zero-order valence-electron chi connectivity index (χ0n) is 11.9. The van der Waals surface area contributed by atoms with Crippen LogP contribution in [-0.2, 0) is 16.0 Å². The van der Waals surface area contributed by atoms with Gasteiger partial charge in [-0.2, -0.15) is 0 Å². The Hall–Kier alpha value is -2.20. The smallest absolute Gasteiger partial charge is 0.323 e. The van der Waals surface area contributed by atoms with Crippen LogP contribution in [0.5, 0.6) is 0 Å².